The first-order valence-electron chi connectivity index (χ1n) is 26.2. The molecule has 8 aromatic heterocycles. The summed E-state index contributed by atoms with van der Waals surface area (Å²) in [7, 11) is 0. The van der Waals surface area contributed by atoms with Crippen LogP contribution in [0, 0.1) is 13.8 Å². The Morgan fingerprint density at radius 2 is 0.798 bits per heavy atom. The number of rotatable bonds is 8. The molecule has 0 bridgehead atoms. The number of guanidine groups is 4. The predicted molar refractivity (Wildman–Crippen MR) is 315 cm³/mol. The number of aryl methyl sites for hydroxylation is 2. The number of aromatic nitrogens is 12. The molecule has 24 nitrogen and oxygen atoms in total. The zero-order valence-corrected chi connectivity index (χ0v) is 50.9. The molecule has 4 aromatic carbocycles. The van der Waals surface area contributed by atoms with Gasteiger partial charge in [0.2, 0.25) is 23.8 Å². The summed E-state index contributed by atoms with van der Waals surface area (Å²) < 4.78 is 0. The first kappa shape index (κ1) is 53.0. The summed E-state index contributed by atoms with van der Waals surface area (Å²) in [5.41, 5.74) is 7.04. The molecule has 84 heavy (non-hydrogen) atoms. The third-order valence-corrected chi connectivity index (χ3v) is 14.4. The largest absolute Gasteiger partial charge is 0.383 e. The Balaban J connectivity index is 0.000000153. The standard InChI is InChI=1S/2C29H23N12.2Zn/c2*1-17-11-12-21-22(15-17)35-25(34-21)37-27-39-28(18-7-6-13-30-16-18)29(41-27,23-10-4-5-14-31-23)40-26(38-28)36-24-32-19-8-2-3-9-20(19)33-24;;/h2*2-16H,1H3,(H5-,32,33,34,35,36,37,38,39,40,41);;/q2*-1;;/t2*28-,29+;;/m00../s1. The van der Waals surface area contributed by atoms with Crippen LogP contribution in [0.15, 0.2) is 203 Å². The zero-order valence-electron chi connectivity index (χ0n) is 45.0. The summed E-state index contributed by atoms with van der Waals surface area (Å²) in [5.74, 6) is 3.67. The van der Waals surface area contributed by atoms with E-state index in [1.165, 1.54) is 0 Å². The molecule has 0 aliphatic carbocycles. The Labute approximate surface area is 503 Å². The minimum atomic E-state index is -1.27. The molecule has 404 valence electrons. The van der Waals surface area contributed by atoms with E-state index in [0.717, 1.165) is 66.4 Å². The van der Waals surface area contributed by atoms with E-state index in [1.54, 1.807) is 37.2 Å². The molecule has 0 fully saturated rings. The summed E-state index contributed by atoms with van der Waals surface area (Å²) >= 11 is 0. The molecule has 12 heterocycles. The van der Waals surface area contributed by atoms with Crippen molar-refractivity contribution in [2.24, 2.45) is 20.0 Å². The predicted octanol–water partition coefficient (Wildman–Crippen LogP) is 8.94. The van der Waals surface area contributed by atoms with E-state index < -0.39 is 22.7 Å². The molecule has 0 saturated carbocycles. The van der Waals surface area contributed by atoms with E-state index in [4.69, 9.17) is 40.6 Å². The number of imidazole rings is 4. The number of nitrogens with zero attached hydrogens (tertiary/aromatic N) is 14. The Bertz CT molecular complexity index is 4190. The van der Waals surface area contributed by atoms with Crippen molar-refractivity contribution in [3.8, 4) is 0 Å². The van der Waals surface area contributed by atoms with Crippen LogP contribution in [-0.2, 0) is 61.6 Å². The number of nitrogens with one attached hydrogen (secondary N) is 10. The topological polar surface area (TPSA) is 316 Å². The summed E-state index contributed by atoms with van der Waals surface area (Å²) in [4.78, 5) is 70.5. The van der Waals surface area contributed by atoms with Crippen LogP contribution in [0.25, 0.3) is 54.8 Å². The van der Waals surface area contributed by atoms with Gasteiger partial charge < -0.3 is 61.8 Å². The number of H-pyrrole nitrogens is 4. The molecule has 4 atom stereocenters. The van der Waals surface area contributed by atoms with Crippen LogP contribution >= 0.6 is 0 Å². The van der Waals surface area contributed by atoms with E-state index >= 15 is 0 Å². The van der Waals surface area contributed by atoms with Gasteiger partial charge in [-0.25, -0.2) is 29.9 Å². The van der Waals surface area contributed by atoms with Gasteiger partial charge in [-0.2, -0.15) is 0 Å². The molecule has 0 radical (unpaired) electrons. The van der Waals surface area contributed by atoms with Crippen LogP contribution in [0.3, 0.4) is 0 Å². The molecule has 10 N–H and O–H groups in total. The number of fused-ring (bicyclic) bond motifs is 6. The van der Waals surface area contributed by atoms with Gasteiger partial charge in [0.1, 0.15) is 11.9 Å². The molecule has 0 unspecified atom stereocenters. The maximum atomic E-state index is 5.12. The van der Waals surface area contributed by atoms with Crippen LogP contribution < -0.4 is 31.9 Å². The second kappa shape index (κ2) is 20.9. The van der Waals surface area contributed by atoms with Crippen LogP contribution in [0.5, 0.6) is 0 Å². The normalized spacial score (nSPS) is 20.7. The van der Waals surface area contributed by atoms with Crippen molar-refractivity contribution < 1.29 is 39.0 Å². The number of hydrogen-bond acceptors (Lipinski definition) is 18. The second-order valence-corrected chi connectivity index (χ2v) is 19.9. The van der Waals surface area contributed by atoms with E-state index in [2.05, 4.69) is 81.7 Å². The quantitative estimate of drug-likeness (QED) is 0.0635. The number of anilines is 4. The summed E-state index contributed by atoms with van der Waals surface area (Å²) in [6.07, 6.45) is 10.4. The van der Waals surface area contributed by atoms with Crippen molar-refractivity contribution in [3.63, 3.8) is 0 Å². The summed E-state index contributed by atoms with van der Waals surface area (Å²) in [6.45, 7) is 4.09. The van der Waals surface area contributed by atoms with Crippen LogP contribution in [0.1, 0.15) is 33.6 Å². The van der Waals surface area contributed by atoms with Crippen molar-refractivity contribution in [1.29, 1.82) is 0 Å². The van der Waals surface area contributed by atoms with Gasteiger partial charge in [-0.05, 0) is 110 Å². The fourth-order valence-electron chi connectivity index (χ4n) is 10.8. The van der Waals surface area contributed by atoms with E-state index in [-0.39, 0.29) is 39.0 Å². The van der Waals surface area contributed by atoms with Gasteiger partial charge in [0.05, 0.1) is 55.5 Å². The van der Waals surface area contributed by atoms with Gasteiger partial charge in [-0.1, -0.05) is 60.7 Å². The minimum absolute atomic E-state index is 0. The number of aliphatic imine (C=N–C) groups is 4. The Kier molecular flexibility index (Phi) is 13.2. The summed E-state index contributed by atoms with van der Waals surface area (Å²) in [6, 6.07) is 46.7. The molecule has 0 amide bonds. The van der Waals surface area contributed by atoms with Crippen LogP contribution in [-0.4, -0.2) is 83.6 Å². The molecule has 4 aliphatic heterocycles. The molecule has 0 saturated heterocycles. The van der Waals surface area contributed by atoms with E-state index in [1.807, 2.05) is 159 Å². The number of hydrogen-bond donors (Lipinski definition) is 10. The zero-order chi connectivity index (χ0) is 54.9. The van der Waals surface area contributed by atoms with Crippen molar-refractivity contribution in [1.82, 2.24) is 70.4 Å². The van der Waals surface area contributed by atoms with Crippen LogP contribution in [0.4, 0.5) is 23.8 Å². The molecule has 12 aromatic rings. The van der Waals surface area contributed by atoms with E-state index in [9.17, 15) is 0 Å². The fraction of sp³-hybridized carbons (Fsp3) is 0.103. The first-order chi connectivity index (χ1) is 40.2. The third kappa shape index (κ3) is 8.98. The average Bonchev–Trinajstić information content (AvgIpc) is 1.58. The molecule has 0 spiro atoms. The Morgan fingerprint density at radius 3 is 1.20 bits per heavy atom. The van der Waals surface area contributed by atoms with Gasteiger partial charge in [0, 0.05) is 99.2 Å². The minimum Gasteiger partial charge on any atom is -0.383 e. The van der Waals surface area contributed by atoms with Gasteiger partial charge in [-0.3, -0.25) is 30.6 Å². The van der Waals surface area contributed by atoms with Gasteiger partial charge in [0.15, 0.2) is 22.7 Å². The smallest absolute Gasteiger partial charge is 0.208 e. The van der Waals surface area contributed by atoms with Crippen molar-refractivity contribution >= 4 is 91.8 Å². The number of aromatic amines is 4. The number of benzene rings is 4. The monoisotopic (exact) mass is 1210 g/mol. The Hall–Kier alpha value is -10.3. The van der Waals surface area contributed by atoms with Crippen molar-refractivity contribution in [2.75, 3.05) is 21.3 Å². The second-order valence-electron chi connectivity index (χ2n) is 19.9. The van der Waals surface area contributed by atoms with Crippen molar-refractivity contribution in [3.05, 3.63) is 227 Å². The molecular weight excluding hydrogens is 1160 g/mol. The number of para-hydroxylation sites is 4. The van der Waals surface area contributed by atoms with Gasteiger partial charge in [-0.15, -0.1) is 0 Å². The maximum absolute atomic E-state index is 5.12. The van der Waals surface area contributed by atoms with Gasteiger partial charge in [0.25, 0.3) is 0 Å². The maximum Gasteiger partial charge on any atom is 0.208 e. The van der Waals surface area contributed by atoms with Crippen LogP contribution in [0.2, 0.25) is 0 Å². The molecule has 4 aliphatic rings. The molecule has 26 heteroatoms. The molecular formula is C58H46N24Zn2-2. The number of pyridine rings is 4. The first-order valence-corrected chi connectivity index (χ1v) is 26.2. The van der Waals surface area contributed by atoms with Gasteiger partial charge >= 0.3 is 0 Å². The van der Waals surface area contributed by atoms with Crippen molar-refractivity contribution in [2.45, 2.75) is 36.5 Å². The van der Waals surface area contributed by atoms with E-state index in [0.29, 0.717) is 59.0 Å². The SMILES string of the molecule is Cc1ccc2nc(NC3=N[C@]4(c5cccnc5)[N-]C(Nc5nc6ccccc6[nH]5)=N[C@]4(c4ccccn4)N3)[nH]c2c1.Cc1ccc2nc(NC3=N[C@]4(c5cccnc5)[N-]C(Nc5nc6ccccc6[nH]5)=N[C@]4(c4ccccn4)N3)[nH]c2c1.[Zn].[Zn]. The fourth-order valence-corrected chi connectivity index (χ4v) is 10.8. The average molecular weight is 1210 g/mol. The molecule has 16 rings (SSSR count). The summed E-state index contributed by atoms with van der Waals surface area (Å²) in [5, 5.41) is 30.3. The Morgan fingerprint density at radius 1 is 0.393 bits per heavy atom. The third-order valence-electron chi connectivity index (χ3n) is 14.4.